The lowest BCUT2D eigenvalue weighted by Crippen LogP contribution is -2.32. The van der Waals surface area contributed by atoms with E-state index in [1.807, 2.05) is 12.1 Å². The van der Waals surface area contributed by atoms with Gasteiger partial charge in [0.2, 0.25) is 0 Å². The molecule has 1 atom stereocenters. The Morgan fingerprint density at radius 3 is 2.56 bits per heavy atom. The lowest BCUT2D eigenvalue weighted by Gasteiger charge is -2.24. The van der Waals surface area contributed by atoms with Gasteiger partial charge in [-0.05, 0) is 31.5 Å². The van der Waals surface area contributed by atoms with Crippen LogP contribution < -0.4 is 4.84 Å². The Bertz CT molecular complexity index is 360. The molecule has 0 radical (unpaired) electrons. The highest BCUT2D eigenvalue weighted by Crippen LogP contribution is 2.28. The van der Waals surface area contributed by atoms with Gasteiger partial charge in [-0.3, -0.25) is 0 Å². The first kappa shape index (κ1) is 17.8. The molecule has 5 heteroatoms. The van der Waals surface area contributed by atoms with E-state index in [1.54, 1.807) is 18.2 Å². The molecule has 0 N–H and O–H groups in total. The van der Waals surface area contributed by atoms with Gasteiger partial charge in [-0.1, -0.05) is 43.0 Å². The fourth-order valence-corrected chi connectivity index (χ4v) is 1.92. The van der Waals surface area contributed by atoms with Crippen LogP contribution in [-0.2, 0) is 0 Å². The van der Waals surface area contributed by atoms with Crippen LogP contribution in [0.15, 0.2) is 18.2 Å². The molecule has 1 aromatic rings. The van der Waals surface area contributed by atoms with Gasteiger partial charge in [-0.25, -0.2) is 0 Å². The van der Waals surface area contributed by atoms with Crippen LogP contribution in [0.5, 0.6) is 5.75 Å². The van der Waals surface area contributed by atoms with Crippen molar-refractivity contribution in [3.8, 4) is 5.75 Å². The van der Waals surface area contributed by atoms with E-state index >= 15 is 0 Å². The zero-order valence-electron chi connectivity index (χ0n) is 11.0. The van der Waals surface area contributed by atoms with Gasteiger partial charge in [-0.15, -0.1) is 17.5 Å². The van der Waals surface area contributed by atoms with Crippen LogP contribution in [0.3, 0.4) is 0 Å². The second-order valence-corrected chi connectivity index (χ2v) is 5.05. The molecule has 1 rings (SSSR count). The summed E-state index contributed by atoms with van der Waals surface area (Å²) in [6.07, 6.45) is 3.50. The van der Waals surface area contributed by atoms with Crippen LogP contribution in [0.4, 0.5) is 0 Å². The Hall–Kier alpha value is -0.150. The van der Waals surface area contributed by atoms with Gasteiger partial charge in [0, 0.05) is 18.1 Å². The topological polar surface area (TPSA) is 12.5 Å². The molecule has 0 amide bonds. The molecule has 0 aliphatic heterocycles. The fraction of sp³-hybridized carbons (Fsp3) is 0.538. The van der Waals surface area contributed by atoms with Crippen molar-refractivity contribution in [2.45, 2.75) is 39.2 Å². The van der Waals surface area contributed by atoms with Crippen LogP contribution >= 0.6 is 35.6 Å². The minimum absolute atomic E-state index is 0. The Morgan fingerprint density at radius 1 is 1.33 bits per heavy atom. The number of halogens is 3. The second kappa shape index (κ2) is 8.87. The van der Waals surface area contributed by atoms with E-state index in [4.69, 9.17) is 28.0 Å². The maximum Gasteiger partial charge on any atom is 0.166 e. The highest BCUT2D eigenvalue weighted by Gasteiger charge is 2.12. The predicted octanol–water partition coefficient (Wildman–Crippen LogP) is 5.22. The zero-order valence-corrected chi connectivity index (χ0v) is 13.3. The number of benzene rings is 1. The van der Waals surface area contributed by atoms with Crippen molar-refractivity contribution in [2.75, 3.05) is 7.05 Å². The predicted molar refractivity (Wildman–Crippen MR) is 81.1 cm³/mol. The number of hydrogen-bond donors (Lipinski definition) is 0. The molecule has 0 aliphatic carbocycles. The summed E-state index contributed by atoms with van der Waals surface area (Å²) >= 11 is 11.9. The summed E-state index contributed by atoms with van der Waals surface area (Å²) in [5.74, 6) is 0.641. The van der Waals surface area contributed by atoms with Crippen molar-refractivity contribution in [3.05, 3.63) is 28.2 Å². The van der Waals surface area contributed by atoms with Crippen molar-refractivity contribution < 1.29 is 4.84 Å². The summed E-state index contributed by atoms with van der Waals surface area (Å²) in [4.78, 5) is 5.70. The van der Waals surface area contributed by atoms with E-state index in [1.165, 1.54) is 12.8 Å². The third-order valence-electron chi connectivity index (χ3n) is 2.73. The summed E-state index contributed by atoms with van der Waals surface area (Å²) < 4.78 is 0. The highest BCUT2D eigenvalue weighted by molar-refractivity contribution is 6.35. The molecule has 2 nitrogen and oxygen atoms in total. The van der Waals surface area contributed by atoms with Crippen molar-refractivity contribution in [2.24, 2.45) is 0 Å². The SMILES string of the molecule is CCCCC(C)N(C)Oc1ccc(Cl)cc1Cl.Cl. The Labute approximate surface area is 126 Å². The van der Waals surface area contributed by atoms with E-state index in [-0.39, 0.29) is 12.4 Å². The van der Waals surface area contributed by atoms with Gasteiger partial charge in [-0.2, -0.15) is 0 Å². The highest BCUT2D eigenvalue weighted by atomic mass is 35.5. The third kappa shape index (κ3) is 5.66. The zero-order chi connectivity index (χ0) is 12.8. The maximum atomic E-state index is 6.05. The van der Waals surface area contributed by atoms with Crippen molar-refractivity contribution in [1.82, 2.24) is 5.06 Å². The summed E-state index contributed by atoms with van der Waals surface area (Å²) in [6.45, 7) is 4.32. The van der Waals surface area contributed by atoms with E-state index in [9.17, 15) is 0 Å². The van der Waals surface area contributed by atoms with E-state index in [0.29, 0.717) is 21.8 Å². The number of hydroxylamine groups is 2. The van der Waals surface area contributed by atoms with Crippen molar-refractivity contribution in [1.29, 1.82) is 0 Å². The molecule has 0 spiro atoms. The third-order valence-corrected chi connectivity index (χ3v) is 3.26. The number of rotatable bonds is 6. The van der Waals surface area contributed by atoms with E-state index in [2.05, 4.69) is 13.8 Å². The van der Waals surface area contributed by atoms with Crippen LogP contribution in [0.1, 0.15) is 33.1 Å². The van der Waals surface area contributed by atoms with Crippen LogP contribution in [0.25, 0.3) is 0 Å². The number of nitrogens with zero attached hydrogens (tertiary/aromatic N) is 1. The van der Waals surface area contributed by atoms with Gasteiger partial charge in [0.15, 0.2) is 5.75 Å². The molecular weight excluding hydrogens is 293 g/mol. The van der Waals surface area contributed by atoms with E-state index < -0.39 is 0 Å². The molecule has 0 bridgehead atoms. The largest absolute Gasteiger partial charge is 0.404 e. The van der Waals surface area contributed by atoms with Gasteiger partial charge < -0.3 is 4.84 Å². The monoisotopic (exact) mass is 311 g/mol. The van der Waals surface area contributed by atoms with Crippen molar-refractivity contribution in [3.63, 3.8) is 0 Å². The van der Waals surface area contributed by atoms with Crippen LogP contribution in [0.2, 0.25) is 10.0 Å². The molecule has 0 aliphatic rings. The minimum Gasteiger partial charge on any atom is -0.404 e. The quantitative estimate of drug-likeness (QED) is 0.668. The molecule has 0 aromatic heterocycles. The van der Waals surface area contributed by atoms with E-state index in [0.717, 1.165) is 6.42 Å². The molecule has 1 aromatic carbocycles. The average molecular weight is 313 g/mol. The Kier molecular flexibility index (Phi) is 8.79. The molecule has 104 valence electrons. The molecule has 0 saturated carbocycles. The van der Waals surface area contributed by atoms with Crippen LogP contribution in [0, 0.1) is 0 Å². The number of hydrogen-bond acceptors (Lipinski definition) is 2. The summed E-state index contributed by atoms with van der Waals surface area (Å²) in [5, 5.41) is 2.99. The first-order valence-electron chi connectivity index (χ1n) is 5.90. The van der Waals surface area contributed by atoms with Gasteiger partial charge in [0.05, 0.1) is 5.02 Å². The minimum atomic E-state index is 0. The lowest BCUT2D eigenvalue weighted by atomic mass is 10.1. The van der Waals surface area contributed by atoms with Gasteiger partial charge >= 0.3 is 0 Å². The first-order valence-corrected chi connectivity index (χ1v) is 6.66. The first-order chi connectivity index (χ1) is 8.04. The van der Waals surface area contributed by atoms with Gasteiger partial charge in [0.1, 0.15) is 0 Å². The molecule has 0 heterocycles. The normalized spacial score (nSPS) is 12.1. The molecule has 1 unspecified atom stereocenters. The Morgan fingerprint density at radius 2 is 2.00 bits per heavy atom. The summed E-state index contributed by atoms with van der Waals surface area (Å²) in [6, 6.07) is 5.60. The average Bonchev–Trinajstić information content (AvgIpc) is 2.29. The molecule has 0 saturated heterocycles. The smallest absolute Gasteiger partial charge is 0.166 e. The molecular formula is C13H20Cl3NO. The Balaban J connectivity index is 0.00000289. The maximum absolute atomic E-state index is 6.05. The molecule has 0 fully saturated rings. The number of unbranched alkanes of at least 4 members (excludes halogenated alkanes) is 1. The fourth-order valence-electron chi connectivity index (χ4n) is 1.48. The molecule has 18 heavy (non-hydrogen) atoms. The summed E-state index contributed by atoms with van der Waals surface area (Å²) in [7, 11) is 1.92. The lowest BCUT2D eigenvalue weighted by molar-refractivity contribution is -0.0675. The van der Waals surface area contributed by atoms with Gasteiger partial charge in [0.25, 0.3) is 0 Å². The summed E-state index contributed by atoms with van der Waals surface area (Å²) in [5.41, 5.74) is 0. The second-order valence-electron chi connectivity index (χ2n) is 4.20. The standard InChI is InChI=1S/C13H19Cl2NO.ClH/c1-4-5-6-10(2)16(3)17-13-8-7-11(14)9-12(13)15;/h7-10H,4-6H2,1-3H3;1H. The van der Waals surface area contributed by atoms with Crippen LogP contribution in [-0.4, -0.2) is 18.2 Å². The van der Waals surface area contributed by atoms with Crippen molar-refractivity contribution >= 4 is 35.6 Å².